The summed E-state index contributed by atoms with van der Waals surface area (Å²) in [6, 6.07) is 15.3. The molecule has 0 bridgehead atoms. The molecule has 0 saturated heterocycles. The van der Waals surface area contributed by atoms with Crippen LogP contribution in [0, 0.1) is 0 Å². The molecule has 106 valence electrons. The second-order valence-electron chi connectivity index (χ2n) is 4.57. The summed E-state index contributed by atoms with van der Waals surface area (Å²) < 4.78 is 5.26. The molecule has 0 radical (unpaired) electrons. The quantitative estimate of drug-likeness (QED) is 0.768. The average Bonchev–Trinajstić information content (AvgIpc) is 2.89. The zero-order valence-electron chi connectivity index (χ0n) is 11.4. The summed E-state index contributed by atoms with van der Waals surface area (Å²) in [5.74, 6) is 1.19. The molecular formula is C16H14ClN3O. The first-order chi connectivity index (χ1) is 10.2. The maximum absolute atomic E-state index is 6.28. The smallest absolute Gasteiger partial charge is 0.153 e. The Bertz CT molecular complexity index is 783. The van der Waals surface area contributed by atoms with Crippen LogP contribution in [0.4, 0.5) is 5.82 Å². The van der Waals surface area contributed by atoms with E-state index in [4.69, 9.17) is 22.1 Å². The molecule has 1 heterocycles. The fourth-order valence-corrected chi connectivity index (χ4v) is 2.51. The Morgan fingerprint density at radius 2 is 1.95 bits per heavy atom. The van der Waals surface area contributed by atoms with Crippen LogP contribution in [0.3, 0.4) is 0 Å². The van der Waals surface area contributed by atoms with Crippen molar-refractivity contribution >= 4 is 17.4 Å². The van der Waals surface area contributed by atoms with Crippen LogP contribution in [0.1, 0.15) is 0 Å². The Kier molecular flexibility index (Phi) is 3.54. The van der Waals surface area contributed by atoms with Gasteiger partial charge in [0.25, 0.3) is 0 Å². The zero-order valence-corrected chi connectivity index (χ0v) is 12.2. The van der Waals surface area contributed by atoms with Gasteiger partial charge in [0.15, 0.2) is 5.82 Å². The summed E-state index contributed by atoms with van der Waals surface area (Å²) in [6.45, 7) is 0. The number of methoxy groups -OCH3 is 1. The third-order valence-corrected chi connectivity index (χ3v) is 3.63. The number of hydrogen-bond acceptors (Lipinski definition) is 3. The predicted octanol–water partition coefficient (Wildman–Crippen LogP) is 3.99. The summed E-state index contributed by atoms with van der Waals surface area (Å²) in [4.78, 5) is 0. The van der Waals surface area contributed by atoms with Crippen LogP contribution < -0.4 is 10.5 Å². The number of nitrogens with zero attached hydrogens (tertiary/aromatic N) is 1. The SMILES string of the molecule is COc1cccc(-c2[nH]nc(N)c2-c2ccccc2Cl)c1. The van der Waals surface area contributed by atoms with Crippen molar-refractivity contribution in [2.24, 2.45) is 0 Å². The Morgan fingerprint density at radius 1 is 1.14 bits per heavy atom. The lowest BCUT2D eigenvalue weighted by Gasteiger charge is -2.08. The summed E-state index contributed by atoms with van der Waals surface area (Å²) in [5.41, 5.74) is 9.43. The molecule has 0 atom stereocenters. The van der Waals surface area contributed by atoms with E-state index in [9.17, 15) is 0 Å². The van der Waals surface area contributed by atoms with Gasteiger partial charge in [0.2, 0.25) is 0 Å². The first-order valence-electron chi connectivity index (χ1n) is 6.44. The normalized spacial score (nSPS) is 10.6. The molecule has 3 N–H and O–H groups in total. The third-order valence-electron chi connectivity index (χ3n) is 3.30. The molecule has 0 amide bonds. The minimum atomic E-state index is 0.418. The Labute approximate surface area is 127 Å². The van der Waals surface area contributed by atoms with Gasteiger partial charge in [-0.3, -0.25) is 5.10 Å². The molecule has 0 saturated carbocycles. The first-order valence-corrected chi connectivity index (χ1v) is 6.81. The van der Waals surface area contributed by atoms with Gasteiger partial charge in [0, 0.05) is 16.1 Å². The number of benzene rings is 2. The molecule has 5 heteroatoms. The van der Waals surface area contributed by atoms with Crippen molar-refractivity contribution in [1.82, 2.24) is 10.2 Å². The summed E-state index contributed by atoms with van der Waals surface area (Å²) in [6.07, 6.45) is 0. The second kappa shape index (κ2) is 5.50. The number of nitrogens with one attached hydrogen (secondary N) is 1. The van der Waals surface area contributed by atoms with Crippen LogP contribution in [-0.4, -0.2) is 17.3 Å². The fraction of sp³-hybridized carbons (Fsp3) is 0.0625. The van der Waals surface area contributed by atoms with Crippen LogP contribution in [0.2, 0.25) is 5.02 Å². The van der Waals surface area contributed by atoms with Gasteiger partial charge in [-0.1, -0.05) is 41.9 Å². The molecule has 0 unspecified atom stereocenters. The van der Waals surface area contributed by atoms with Gasteiger partial charge in [0.05, 0.1) is 18.4 Å². The van der Waals surface area contributed by atoms with Gasteiger partial charge >= 0.3 is 0 Å². The number of hydrogen-bond donors (Lipinski definition) is 2. The van der Waals surface area contributed by atoms with Gasteiger partial charge in [-0.15, -0.1) is 0 Å². The lowest BCUT2D eigenvalue weighted by atomic mass is 10.0. The van der Waals surface area contributed by atoms with Gasteiger partial charge < -0.3 is 10.5 Å². The number of halogens is 1. The molecule has 0 spiro atoms. The molecule has 0 aliphatic carbocycles. The molecule has 0 aliphatic heterocycles. The molecular weight excluding hydrogens is 286 g/mol. The van der Waals surface area contributed by atoms with Crippen molar-refractivity contribution in [3.63, 3.8) is 0 Å². The van der Waals surface area contributed by atoms with Crippen molar-refractivity contribution in [2.45, 2.75) is 0 Å². The number of ether oxygens (including phenoxy) is 1. The second-order valence-corrected chi connectivity index (χ2v) is 4.98. The van der Waals surface area contributed by atoms with Crippen molar-refractivity contribution in [3.8, 4) is 28.1 Å². The lowest BCUT2D eigenvalue weighted by molar-refractivity contribution is 0.415. The Hall–Kier alpha value is -2.46. The molecule has 2 aromatic carbocycles. The summed E-state index contributed by atoms with van der Waals surface area (Å²) >= 11 is 6.28. The molecule has 21 heavy (non-hydrogen) atoms. The average molecular weight is 300 g/mol. The van der Waals surface area contributed by atoms with Crippen molar-refractivity contribution < 1.29 is 4.74 Å². The van der Waals surface area contributed by atoms with Crippen LogP contribution in [0.5, 0.6) is 5.75 Å². The van der Waals surface area contributed by atoms with Gasteiger partial charge in [-0.2, -0.15) is 5.10 Å². The number of nitrogen functional groups attached to an aromatic ring is 1. The van der Waals surface area contributed by atoms with E-state index in [1.807, 2.05) is 48.5 Å². The van der Waals surface area contributed by atoms with E-state index in [2.05, 4.69) is 10.2 Å². The number of aromatic nitrogens is 2. The standard InChI is InChI=1S/C16H14ClN3O/c1-21-11-6-4-5-10(9-11)15-14(16(18)20-19-15)12-7-2-3-8-13(12)17/h2-9H,1H3,(H3,18,19,20). The van der Waals surface area contributed by atoms with E-state index in [-0.39, 0.29) is 0 Å². The Morgan fingerprint density at radius 3 is 2.71 bits per heavy atom. The van der Waals surface area contributed by atoms with E-state index in [0.29, 0.717) is 10.8 Å². The van der Waals surface area contributed by atoms with E-state index >= 15 is 0 Å². The molecule has 0 aliphatic rings. The monoisotopic (exact) mass is 299 g/mol. The first kappa shape index (κ1) is 13.5. The fourth-order valence-electron chi connectivity index (χ4n) is 2.28. The van der Waals surface area contributed by atoms with Crippen LogP contribution in [0.25, 0.3) is 22.4 Å². The van der Waals surface area contributed by atoms with Crippen molar-refractivity contribution in [1.29, 1.82) is 0 Å². The van der Waals surface area contributed by atoms with Crippen LogP contribution in [-0.2, 0) is 0 Å². The molecule has 3 aromatic rings. The topological polar surface area (TPSA) is 63.9 Å². The highest BCUT2D eigenvalue weighted by atomic mass is 35.5. The highest BCUT2D eigenvalue weighted by Gasteiger charge is 2.17. The highest BCUT2D eigenvalue weighted by molar-refractivity contribution is 6.33. The van der Waals surface area contributed by atoms with E-state index in [1.54, 1.807) is 7.11 Å². The summed E-state index contributed by atoms with van der Waals surface area (Å²) in [7, 11) is 1.63. The Balaban J connectivity index is 2.20. The van der Waals surface area contributed by atoms with Crippen LogP contribution >= 0.6 is 11.6 Å². The predicted molar refractivity (Wildman–Crippen MR) is 85.4 cm³/mol. The maximum atomic E-state index is 6.28. The van der Waals surface area contributed by atoms with Gasteiger partial charge in [-0.25, -0.2) is 0 Å². The largest absolute Gasteiger partial charge is 0.497 e. The van der Waals surface area contributed by atoms with Crippen LogP contribution in [0.15, 0.2) is 48.5 Å². The number of nitrogens with two attached hydrogens (primary N) is 1. The number of aromatic amines is 1. The van der Waals surface area contributed by atoms with Gasteiger partial charge in [-0.05, 0) is 18.2 Å². The van der Waals surface area contributed by atoms with Crippen molar-refractivity contribution in [2.75, 3.05) is 12.8 Å². The molecule has 0 fully saturated rings. The minimum absolute atomic E-state index is 0.418. The highest BCUT2D eigenvalue weighted by Crippen LogP contribution is 2.38. The van der Waals surface area contributed by atoms with E-state index < -0.39 is 0 Å². The minimum Gasteiger partial charge on any atom is -0.497 e. The molecule has 4 nitrogen and oxygen atoms in total. The number of rotatable bonds is 3. The van der Waals surface area contributed by atoms with Crippen molar-refractivity contribution in [3.05, 3.63) is 53.6 Å². The molecule has 3 rings (SSSR count). The maximum Gasteiger partial charge on any atom is 0.153 e. The zero-order chi connectivity index (χ0) is 14.8. The van der Waals surface area contributed by atoms with E-state index in [1.165, 1.54) is 0 Å². The summed E-state index contributed by atoms with van der Waals surface area (Å²) in [5, 5.41) is 7.73. The molecule has 1 aromatic heterocycles. The van der Waals surface area contributed by atoms with Gasteiger partial charge in [0.1, 0.15) is 5.75 Å². The number of H-pyrrole nitrogens is 1. The van der Waals surface area contributed by atoms with E-state index in [0.717, 1.165) is 28.1 Å². The lowest BCUT2D eigenvalue weighted by Crippen LogP contribution is -1.90. The third kappa shape index (κ3) is 2.45. The number of anilines is 1.